The number of carbonyl (C=O) groups is 2. The number of rotatable bonds is 4. The second-order valence-electron chi connectivity index (χ2n) is 5.94. The Morgan fingerprint density at radius 1 is 1.39 bits per heavy atom. The lowest BCUT2D eigenvalue weighted by Gasteiger charge is -2.40. The molecule has 1 aliphatic rings. The van der Waals surface area contributed by atoms with Crippen molar-refractivity contribution < 1.29 is 27.9 Å². The van der Waals surface area contributed by atoms with E-state index in [1.807, 2.05) is 0 Å². The van der Waals surface area contributed by atoms with Gasteiger partial charge < -0.3 is 21.1 Å². The highest BCUT2D eigenvalue weighted by Crippen LogP contribution is 2.37. The molecule has 0 aromatic rings. The number of hydrogen-bond donors (Lipinski definition) is 3. The molecule has 0 aromatic carbocycles. The summed E-state index contributed by atoms with van der Waals surface area (Å²) in [4.78, 5) is 24.4. The zero-order valence-corrected chi connectivity index (χ0v) is 13.8. The molecule has 1 unspecified atom stereocenters. The Labute approximate surface area is 139 Å². The predicted octanol–water partition coefficient (Wildman–Crippen LogP) is 0.423. The SMILES string of the molecule is CC(C)[C@H](N)C(=O)NCC(=O)N1CCCC(O)(C(F)(F)F)C1.Cl. The van der Waals surface area contributed by atoms with Gasteiger partial charge in [-0.15, -0.1) is 12.4 Å². The van der Waals surface area contributed by atoms with Crippen molar-refractivity contribution in [3.63, 3.8) is 0 Å². The first kappa shape index (κ1) is 21.9. The van der Waals surface area contributed by atoms with Gasteiger partial charge >= 0.3 is 6.18 Å². The van der Waals surface area contributed by atoms with E-state index in [9.17, 15) is 27.9 Å². The van der Waals surface area contributed by atoms with Crippen molar-refractivity contribution >= 4 is 24.2 Å². The van der Waals surface area contributed by atoms with Gasteiger partial charge in [0.05, 0.1) is 19.1 Å². The van der Waals surface area contributed by atoms with Gasteiger partial charge in [-0.05, 0) is 18.8 Å². The lowest BCUT2D eigenvalue weighted by atomic mass is 9.92. The highest BCUT2D eigenvalue weighted by atomic mass is 35.5. The molecule has 1 aliphatic heterocycles. The van der Waals surface area contributed by atoms with E-state index in [1.165, 1.54) is 0 Å². The van der Waals surface area contributed by atoms with Crippen LogP contribution in [0.1, 0.15) is 26.7 Å². The standard InChI is InChI=1S/C13H22F3N3O3.ClH/c1-8(2)10(17)11(21)18-6-9(20)19-5-3-4-12(22,7-19)13(14,15)16;/h8,10,22H,3-7,17H2,1-2H3,(H,18,21);1H/t10-,12?;/m0./s1. The molecule has 10 heteroatoms. The maximum atomic E-state index is 12.8. The molecule has 136 valence electrons. The molecule has 0 aromatic heterocycles. The monoisotopic (exact) mass is 361 g/mol. The molecule has 0 saturated carbocycles. The summed E-state index contributed by atoms with van der Waals surface area (Å²) in [6.45, 7) is 2.33. The van der Waals surface area contributed by atoms with Crippen LogP contribution in [0.4, 0.5) is 13.2 Å². The number of amides is 2. The molecule has 1 fully saturated rings. The van der Waals surface area contributed by atoms with Crippen molar-refractivity contribution in [2.75, 3.05) is 19.6 Å². The highest BCUT2D eigenvalue weighted by Gasteiger charge is 2.55. The predicted molar refractivity (Wildman–Crippen MR) is 79.9 cm³/mol. The minimum atomic E-state index is -4.80. The molecule has 0 aliphatic carbocycles. The first-order chi connectivity index (χ1) is 9.98. The third-order valence-corrected chi connectivity index (χ3v) is 3.79. The van der Waals surface area contributed by atoms with Gasteiger partial charge in [0, 0.05) is 6.54 Å². The Kier molecular flexibility index (Phi) is 7.79. The number of alkyl halides is 3. The third kappa shape index (κ3) is 5.50. The molecule has 2 atom stereocenters. The molecule has 0 bridgehead atoms. The number of piperidine rings is 1. The minimum absolute atomic E-state index is 0. The second kappa shape index (κ2) is 8.16. The summed E-state index contributed by atoms with van der Waals surface area (Å²) in [7, 11) is 0. The average Bonchev–Trinajstić information content (AvgIpc) is 2.42. The highest BCUT2D eigenvalue weighted by molar-refractivity contribution is 5.87. The van der Waals surface area contributed by atoms with Crippen LogP contribution in [0.15, 0.2) is 0 Å². The number of carbonyl (C=O) groups excluding carboxylic acids is 2. The van der Waals surface area contributed by atoms with Crippen LogP contribution in [0.25, 0.3) is 0 Å². The van der Waals surface area contributed by atoms with Crippen LogP contribution >= 0.6 is 12.4 Å². The maximum absolute atomic E-state index is 12.8. The molecular formula is C13H23ClF3N3O3. The summed E-state index contributed by atoms with van der Waals surface area (Å²) in [5.41, 5.74) is 2.71. The molecule has 4 N–H and O–H groups in total. The molecule has 1 heterocycles. The summed E-state index contributed by atoms with van der Waals surface area (Å²) in [5, 5.41) is 11.9. The number of nitrogens with zero attached hydrogens (tertiary/aromatic N) is 1. The molecule has 1 saturated heterocycles. The smallest absolute Gasteiger partial charge is 0.379 e. The normalized spacial score (nSPS) is 23.2. The minimum Gasteiger partial charge on any atom is -0.379 e. The fourth-order valence-electron chi connectivity index (χ4n) is 2.18. The van der Waals surface area contributed by atoms with E-state index in [-0.39, 0.29) is 31.3 Å². The van der Waals surface area contributed by atoms with Crippen molar-refractivity contribution in [3.05, 3.63) is 0 Å². The van der Waals surface area contributed by atoms with Crippen LogP contribution < -0.4 is 11.1 Å². The van der Waals surface area contributed by atoms with Gasteiger partial charge in [-0.2, -0.15) is 13.2 Å². The Balaban J connectivity index is 0.00000484. The summed E-state index contributed by atoms with van der Waals surface area (Å²) in [6.07, 6.45) is -5.19. The van der Waals surface area contributed by atoms with Crippen LogP contribution in [0.2, 0.25) is 0 Å². The summed E-state index contributed by atoms with van der Waals surface area (Å²) < 4.78 is 38.4. The summed E-state index contributed by atoms with van der Waals surface area (Å²) in [5.74, 6) is -1.33. The topological polar surface area (TPSA) is 95.7 Å². The van der Waals surface area contributed by atoms with E-state index < -0.39 is 49.1 Å². The molecule has 6 nitrogen and oxygen atoms in total. The van der Waals surface area contributed by atoms with Crippen molar-refractivity contribution in [1.29, 1.82) is 0 Å². The Hall–Kier alpha value is -1.06. The van der Waals surface area contributed by atoms with Crippen molar-refractivity contribution in [1.82, 2.24) is 10.2 Å². The van der Waals surface area contributed by atoms with E-state index >= 15 is 0 Å². The molecule has 0 spiro atoms. The van der Waals surface area contributed by atoms with Crippen LogP contribution in [0, 0.1) is 5.92 Å². The largest absolute Gasteiger partial charge is 0.418 e. The quantitative estimate of drug-likeness (QED) is 0.676. The third-order valence-electron chi connectivity index (χ3n) is 3.79. The van der Waals surface area contributed by atoms with Gasteiger partial charge in [-0.25, -0.2) is 0 Å². The Morgan fingerprint density at radius 2 is 1.96 bits per heavy atom. The van der Waals surface area contributed by atoms with Gasteiger partial charge in [-0.3, -0.25) is 9.59 Å². The van der Waals surface area contributed by atoms with Crippen LogP contribution in [0.3, 0.4) is 0 Å². The van der Waals surface area contributed by atoms with Crippen LogP contribution in [0.5, 0.6) is 0 Å². The lowest BCUT2D eigenvalue weighted by molar-refractivity contribution is -0.272. The van der Waals surface area contributed by atoms with Crippen LogP contribution in [-0.2, 0) is 9.59 Å². The first-order valence-electron chi connectivity index (χ1n) is 7.08. The zero-order chi connectivity index (χ0) is 17.1. The Morgan fingerprint density at radius 3 is 2.43 bits per heavy atom. The summed E-state index contributed by atoms with van der Waals surface area (Å²) in [6, 6.07) is -0.790. The maximum Gasteiger partial charge on any atom is 0.418 e. The Bertz CT molecular complexity index is 434. The number of aliphatic hydroxyl groups is 1. The van der Waals surface area contributed by atoms with Gasteiger partial charge in [0.1, 0.15) is 0 Å². The lowest BCUT2D eigenvalue weighted by Crippen LogP contribution is -2.59. The van der Waals surface area contributed by atoms with Crippen molar-refractivity contribution in [2.24, 2.45) is 11.7 Å². The molecular weight excluding hydrogens is 339 g/mol. The first-order valence-corrected chi connectivity index (χ1v) is 7.08. The molecule has 1 rings (SSSR count). The number of nitrogens with two attached hydrogens (primary N) is 1. The summed E-state index contributed by atoms with van der Waals surface area (Å²) >= 11 is 0. The fourth-order valence-corrected chi connectivity index (χ4v) is 2.18. The molecule has 0 radical (unpaired) electrons. The van der Waals surface area contributed by atoms with E-state index in [1.54, 1.807) is 13.8 Å². The average molecular weight is 362 g/mol. The number of β-amino-alcohol motifs (C(OH)–C–C–N with tert-alkyl or cyclic N) is 1. The number of likely N-dealkylation sites (tertiary alicyclic amines) is 1. The number of hydrogen-bond acceptors (Lipinski definition) is 4. The van der Waals surface area contributed by atoms with Gasteiger partial charge in [0.2, 0.25) is 11.8 Å². The molecule has 23 heavy (non-hydrogen) atoms. The fraction of sp³-hybridized carbons (Fsp3) is 0.846. The number of halogens is 4. The van der Waals surface area contributed by atoms with E-state index in [4.69, 9.17) is 5.73 Å². The van der Waals surface area contributed by atoms with Crippen LogP contribution in [-0.4, -0.2) is 59.3 Å². The van der Waals surface area contributed by atoms with Crippen molar-refractivity contribution in [2.45, 2.75) is 44.5 Å². The van der Waals surface area contributed by atoms with Crippen molar-refractivity contribution in [3.8, 4) is 0 Å². The van der Waals surface area contributed by atoms with E-state index in [0.717, 1.165) is 4.90 Å². The molecule has 2 amide bonds. The van der Waals surface area contributed by atoms with Gasteiger partial charge in [0.15, 0.2) is 5.60 Å². The van der Waals surface area contributed by atoms with E-state index in [0.29, 0.717) is 0 Å². The number of nitrogens with one attached hydrogen (secondary N) is 1. The van der Waals surface area contributed by atoms with E-state index in [2.05, 4.69) is 5.32 Å². The second-order valence-corrected chi connectivity index (χ2v) is 5.94. The zero-order valence-electron chi connectivity index (χ0n) is 13.0. The van der Waals surface area contributed by atoms with Gasteiger partial charge in [0.25, 0.3) is 0 Å². The van der Waals surface area contributed by atoms with Gasteiger partial charge in [-0.1, -0.05) is 13.8 Å².